The highest BCUT2D eigenvalue weighted by Gasteiger charge is 2.32. The van der Waals surface area contributed by atoms with Crippen LogP contribution in [0, 0.1) is 23.0 Å². The molecule has 1 aliphatic heterocycles. The fourth-order valence-electron chi connectivity index (χ4n) is 4.44. The summed E-state index contributed by atoms with van der Waals surface area (Å²) < 4.78 is 52.3. The number of carbonyl (C=O) groups excluding carboxylic acids is 1. The number of aliphatic hydroxyl groups is 1. The Kier molecular flexibility index (Phi) is 7.79. The van der Waals surface area contributed by atoms with Crippen molar-refractivity contribution >= 4 is 15.7 Å². The number of hydrogen-bond donors (Lipinski definition) is 3. The van der Waals surface area contributed by atoms with Gasteiger partial charge in [0.2, 0.25) is 5.91 Å². The molecule has 2 aromatic rings. The first-order chi connectivity index (χ1) is 15.7. The van der Waals surface area contributed by atoms with E-state index in [4.69, 9.17) is 5.73 Å². The van der Waals surface area contributed by atoms with E-state index in [0.717, 1.165) is 30.2 Å². The third kappa shape index (κ3) is 6.61. The molecule has 0 fully saturated rings. The normalized spacial score (nSPS) is 19.3. The van der Waals surface area contributed by atoms with E-state index in [2.05, 4.69) is 26.1 Å². The Labute approximate surface area is 199 Å². The summed E-state index contributed by atoms with van der Waals surface area (Å²) in [6, 6.07) is 7.94. The van der Waals surface area contributed by atoms with Crippen LogP contribution >= 0.6 is 0 Å². The van der Waals surface area contributed by atoms with Crippen molar-refractivity contribution in [3.8, 4) is 0 Å². The van der Waals surface area contributed by atoms with E-state index in [-0.39, 0.29) is 40.6 Å². The van der Waals surface area contributed by atoms with Crippen molar-refractivity contribution < 1.29 is 27.1 Å². The molecule has 4 N–H and O–H groups in total. The van der Waals surface area contributed by atoms with E-state index in [9.17, 15) is 27.1 Å². The van der Waals surface area contributed by atoms with Gasteiger partial charge < -0.3 is 16.2 Å². The first-order valence-electron chi connectivity index (χ1n) is 11.3. The van der Waals surface area contributed by atoms with Crippen molar-refractivity contribution in [2.45, 2.75) is 57.1 Å². The first kappa shape index (κ1) is 26.2. The summed E-state index contributed by atoms with van der Waals surface area (Å²) in [5.74, 6) is -3.46. The minimum Gasteiger partial charge on any atom is -0.391 e. The second kappa shape index (κ2) is 10.1. The summed E-state index contributed by atoms with van der Waals surface area (Å²) in [4.78, 5) is 12.3. The molecule has 0 aliphatic carbocycles. The van der Waals surface area contributed by atoms with Crippen molar-refractivity contribution in [3.05, 3.63) is 64.7 Å². The van der Waals surface area contributed by atoms with E-state index in [1.165, 1.54) is 0 Å². The van der Waals surface area contributed by atoms with Gasteiger partial charge >= 0.3 is 0 Å². The minimum absolute atomic E-state index is 0.0198. The zero-order chi connectivity index (χ0) is 25.3. The Hall–Kier alpha value is -2.36. The number of halogens is 2. The van der Waals surface area contributed by atoms with Crippen molar-refractivity contribution in [2.24, 2.45) is 17.1 Å². The van der Waals surface area contributed by atoms with Gasteiger partial charge in [-0.1, -0.05) is 32.9 Å². The van der Waals surface area contributed by atoms with Crippen molar-refractivity contribution in [1.82, 2.24) is 5.32 Å². The van der Waals surface area contributed by atoms with Gasteiger partial charge in [0.15, 0.2) is 9.84 Å². The monoisotopic (exact) mass is 494 g/mol. The standard InChI is InChI=1S/C25H32F2N2O4S/c1-25(2,3)13-15-4-5-23-19(10-15)21(6-7-34(23,32)33)29-14-22(30)20(24(28)31)11-16-8-17(26)12-18(27)9-16/h4-5,8-10,12,20-22,29-30H,6-7,11,13-14H2,1-3H3,(H2,28,31). The topological polar surface area (TPSA) is 109 Å². The molecule has 3 rings (SSSR count). The van der Waals surface area contributed by atoms with E-state index in [1.54, 1.807) is 6.07 Å². The maximum atomic E-state index is 13.5. The van der Waals surface area contributed by atoms with Crippen molar-refractivity contribution in [3.63, 3.8) is 0 Å². The summed E-state index contributed by atoms with van der Waals surface area (Å²) in [6.07, 6.45) is -0.275. The number of fused-ring (bicyclic) bond motifs is 1. The molecule has 2 aromatic carbocycles. The molecule has 0 saturated carbocycles. The van der Waals surface area contributed by atoms with E-state index in [0.29, 0.717) is 12.0 Å². The van der Waals surface area contributed by atoms with Crippen LogP contribution in [0.2, 0.25) is 0 Å². The molecule has 1 amide bonds. The molecule has 1 aliphatic rings. The third-order valence-electron chi connectivity index (χ3n) is 5.98. The fraction of sp³-hybridized carbons (Fsp3) is 0.480. The van der Waals surface area contributed by atoms with Crippen LogP contribution in [0.4, 0.5) is 8.78 Å². The Bertz CT molecular complexity index is 1140. The van der Waals surface area contributed by atoms with E-state index >= 15 is 0 Å². The van der Waals surface area contributed by atoms with Crippen LogP contribution < -0.4 is 11.1 Å². The number of carbonyl (C=O) groups is 1. The van der Waals surface area contributed by atoms with Crippen molar-refractivity contribution in [2.75, 3.05) is 12.3 Å². The molecule has 0 spiro atoms. The summed E-state index contributed by atoms with van der Waals surface area (Å²) in [7, 11) is -3.40. The van der Waals surface area contributed by atoms with Gasteiger partial charge in [0.1, 0.15) is 11.6 Å². The number of primary amides is 1. The molecule has 186 valence electrons. The Balaban J connectivity index is 1.78. The summed E-state index contributed by atoms with van der Waals surface area (Å²) >= 11 is 0. The number of nitrogens with two attached hydrogens (primary N) is 1. The SMILES string of the molecule is CC(C)(C)Cc1ccc2c(c1)C(NCC(O)C(Cc1cc(F)cc(F)c1)C(N)=O)CCS2(=O)=O. The number of sulfone groups is 1. The Morgan fingerprint density at radius 3 is 2.38 bits per heavy atom. The second-order valence-corrected chi connectivity index (χ2v) is 12.3. The number of amides is 1. The molecule has 9 heteroatoms. The zero-order valence-corrected chi connectivity index (χ0v) is 20.5. The summed E-state index contributed by atoms with van der Waals surface area (Å²) in [5, 5.41) is 13.9. The van der Waals surface area contributed by atoms with Crippen LogP contribution in [0.3, 0.4) is 0 Å². The van der Waals surface area contributed by atoms with Gasteiger partial charge in [-0.2, -0.15) is 0 Å². The number of hydrogen-bond acceptors (Lipinski definition) is 5. The third-order valence-corrected chi connectivity index (χ3v) is 7.79. The number of rotatable bonds is 8. The highest BCUT2D eigenvalue weighted by atomic mass is 32.2. The van der Waals surface area contributed by atoms with Gasteiger partial charge in [0.25, 0.3) is 0 Å². The lowest BCUT2D eigenvalue weighted by atomic mass is 9.87. The minimum atomic E-state index is -3.40. The lowest BCUT2D eigenvalue weighted by Gasteiger charge is -2.30. The summed E-state index contributed by atoms with van der Waals surface area (Å²) in [6.45, 7) is 6.26. The molecule has 6 nitrogen and oxygen atoms in total. The molecule has 1 heterocycles. The molecule has 0 radical (unpaired) electrons. The van der Waals surface area contributed by atoms with Crippen LogP contribution in [-0.4, -0.2) is 37.8 Å². The van der Waals surface area contributed by atoms with Crippen LogP contribution in [0.5, 0.6) is 0 Å². The number of benzene rings is 2. The Morgan fingerprint density at radius 1 is 1.15 bits per heavy atom. The van der Waals surface area contributed by atoms with Gasteiger partial charge in [-0.15, -0.1) is 0 Å². The predicted molar refractivity (Wildman–Crippen MR) is 126 cm³/mol. The maximum absolute atomic E-state index is 13.5. The predicted octanol–water partition coefficient (Wildman–Crippen LogP) is 3.07. The molecule has 3 unspecified atom stereocenters. The van der Waals surface area contributed by atoms with Crippen LogP contribution in [0.1, 0.15) is 49.9 Å². The average molecular weight is 495 g/mol. The van der Waals surface area contributed by atoms with Gasteiger partial charge in [0.05, 0.1) is 22.7 Å². The van der Waals surface area contributed by atoms with E-state index < -0.39 is 39.4 Å². The largest absolute Gasteiger partial charge is 0.391 e. The van der Waals surface area contributed by atoms with Crippen LogP contribution in [-0.2, 0) is 27.5 Å². The Morgan fingerprint density at radius 2 is 1.79 bits per heavy atom. The van der Waals surface area contributed by atoms with Gasteiger partial charge in [-0.3, -0.25) is 4.79 Å². The van der Waals surface area contributed by atoms with Crippen LogP contribution in [0.15, 0.2) is 41.3 Å². The highest BCUT2D eigenvalue weighted by Crippen LogP contribution is 2.34. The molecule has 34 heavy (non-hydrogen) atoms. The summed E-state index contributed by atoms with van der Waals surface area (Å²) in [5.41, 5.74) is 7.35. The first-order valence-corrected chi connectivity index (χ1v) is 12.9. The number of aliphatic hydroxyl groups excluding tert-OH is 1. The van der Waals surface area contributed by atoms with Gasteiger partial charge in [-0.05, 0) is 59.6 Å². The van der Waals surface area contributed by atoms with Gasteiger partial charge in [0, 0.05) is 18.7 Å². The van der Waals surface area contributed by atoms with Crippen molar-refractivity contribution in [1.29, 1.82) is 0 Å². The van der Waals surface area contributed by atoms with Gasteiger partial charge in [-0.25, -0.2) is 17.2 Å². The molecule has 0 bridgehead atoms. The molecule has 0 saturated heterocycles. The maximum Gasteiger partial charge on any atom is 0.223 e. The lowest BCUT2D eigenvalue weighted by Crippen LogP contribution is -2.43. The quantitative estimate of drug-likeness (QED) is 0.523. The molecule has 0 aromatic heterocycles. The van der Waals surface area contributed by atoms with Crippen LogP contribution in [0.25, 0.3) is 0 Å². The smallest absolute Gasteiger partial charge is 0.223 e. The molecular weight excluding hydrogens is 462 g/mol. The highest BCUT2D eigenvalue weighted by molar-refractivity contribution is 7.91. The fourth-order valence-corrected chi connectivity index (χ4v) is 6.04. The zero-order valence-electron chi connectivity index (χ0n) is 19.6. The molecular formula is C25H32F2N2O4S. The van der Waals surface area contributed by atoms with E-state index in [1.807, 2.05) is 12.1 Å². The lowest BCUT2D eigenvalue weighted by molar-refractivity contribution is -0.125. The number of nitrogens with one attached hydrogen (secondary N) is 1. The molecule has 3 atom stereocenters. The average Bonchev–Trinajstić information content (AvgIpc) is 2.69. The second-order valence-electron chi connectivity index (χ2n) is 10.2.